The monoisotopic (exact) mass is 371 g/mol. The number of carbonyl (C=O) groups is 2. The highest BCUT2D eigenvalue weighted by atomic mass is 16.4. The van der Waals surface area contributed by atoms with Gasteiger partial charge >= 0.3 is 11.9 Å². The van der Waals surface area contributed by atoms with Gasteiger partial charge in [0.25, 0.3) is 0 Å². The molecule has 1 aliphatic heterocycles. The van der Waals surface area contributed by atoms with E-state index in [1.807, 2.05) is 18.3 Å². The maximum absolute atomic E-state index is 9.10. The van der Waals surface area contributed by atoms with E-state index in [-0.39, 0.29) is 0 Å². The van der Waals surface area contributed by atoms with Crippen molar-refractivity contribution in [2.24, 2.45) is 0 Å². The normalized spacial score (nSPS) is 14.8. The molecule has 2 aromatic rings. The molecule has 0 aliphatic carbocycles. The molecule has 0 radical (unpaired) electrons. The molecule has 0 unspecified atom stereocenters. The number of nitrogens with one attached hydrogen (secondary N) is 1. The fourth-order valence-corrected chi connectivity index (χ4v) is 2.89. The van der Waals surface area contributed by atoms with Crippen LogP contribution in [0.25, 0.3) is 0 Å². The summed E-state index contributed by atoms with van der Waals surface area (Å²) in [5, 5.41) is 18.4. The number of pyridine rings is 1. The van der Waals surface area contributed by atoms with Crippen LogP contribution in [0.3, 0.4) is 0 Å². The Morgan fingerprint density at radius 2 is 1.63 bits per heavy atom. The van der Waals surface area contributed by atoms with Gasteiger partial charge in [-0.25, -0.2) is 9.59 Å². The molecule has 3 N–H and O–H groups in total. The van der Waals surface area contributed by atoms with E-state index in [1.54, 1.807) is 0 Å². The zero-order chi connectivity index (χ0) is 19.5. The second-order valence-electron chi connectivity index (χ2n) is 6.35. The van der Waals surface area contributed by atoms with E-state index in [1.165, 1.54) is 31.5 Å². The number of hydrogen-bond acceptors (Lipinski definition) is 5. The lowest BCUT2D eigenvalue weighted by molar-refractivity contribution is -0.159. The Labute approximate surface area is 158 Å². The number of carboxylic acids is 2. The van der Waals surface area contributed by atoms with Crippen LogP contribution >= 0.6 is 0 Å². The summed E-state index contributed by atoms with van der Waals surface area (Å²) in [6.07, 6.45) is 4.30. The van der Waals surface area contributed by atoms with Crippen molar-refractivity contribution in [1.29, 1.82) is 0 Å². The lowest BCUT2D eigenvalue weighted by Gasteiger charge is -2.32. The van der Waals surface area contributed by atoms with E-state index in [4.69, 9.17) is 19.8 Å². The van der Waals surface area contributed by atoms with E-state index in [0.29, 0.717) is 6.04 Å². The molecule has 144 valence electrons. The minimum Gasteiger partial charge on any atom is -0.473 e. The molecular weight excluding hydrogens is 346 g/mol. The van der Waals surface area contributed by atoms with Crippen LogP contribution in [0, 0.1) is 0 Å². The first kappa shape index (κ1) is 20.5. The van der Waals surface area contributed by atoms with Crippen LogP contribution in [-0.4, -0.2) is 51.2 Å². The first-order valence-electron chi connectivity index (χ1n) is 8.90. The van der Waals surface area contributed by atoms with Crippen molar-refractivity contribution in [3.05, 3.63) is 66.0 Å². The zero-order valence-electron chi connectivity index (χ0n) is 15.1. The Bertz CT molecular complexity index is 690. The van der Waals surface area contributed by atoms with Gasteiger partial charge in [-0.05, 0) is 43.6 Å². The Hall–Kier alpha value is -2.77. The fourth-order valence-electron chi connectivity index (χ4n) is 2.89. The minimum absolute atomic E-state index is 0.624. The van der Waals surface area contributed by atoms with Gasteiger partial charge in [0.2, 0.25) is 0 Å². The van der Waals surface area contributed by atoms with Gasteiger partial charge in [0, 0.05) is 25.3 Å². The number of aromatic nitrogens is 1. The molecule has 2 heterocycles. The molecule has 0 saturated carbocycles. The van der Waals surface area contributed by atoms with Gasteiger partial charge in [0.05, 0.1) is 5.69 Å². The van der Waals surface area contributed by atoms with Crippen LogP contribution in [-0.2, 0) is 22.7 Å². The number of piperidine rings is 1. The number of likely N-dealkylation sites (tertiary alicyclic amines) is 1. The first-order chi connectivity index (χ1) is 13.0. The second kappa shape index (κ2) is 11.1. The van der Waals surface area contributed by atoms with Crippen LogP contribution in [0.15, 0.2) is 54.7 Å². The number of hydrogen-bond donors (Lipinski definition) is 3. The molecule has 1 aromatic heterocycles. The van der Waals surface area contributed by atoms with Crippen LogP contribution < -0.4 is 5.32 Å². The summed E-state index contributed by atoms with van der Waals surface area (Å²) in [6.45, 7) is 4.31. The molecule has 0 spiro atoms. The topological polar surface area (TPSA) is 103 Å². The number of aliphatic carboxylic acids is 2. The maximum Gasteiger partial charge on any atom is 0.414 e. The van der Waals surface area contributed by atoms with Gasteiger partial charge in [0.15, 0.2) is 0 Å². The largest absolute Gasteiger partial charge is 0.473 e. The number of rotatable bonds is 5. The molecule has 0 atom stereocenters. The molecule has 27 heavy (non-hydrogen) atoms. The van der Waals surface area contributed by atoms with Crippen molar-refractivity contribution in [2.45, 2.75) is 32.0 Å². The highest BCUT2D eigenvalue weighted by Gasteiger charge is 2.18. The summed E-state index contributed by atoms with van der Waals surface area (Å²) in [4.78, 5) is 25.1. The third-order valence-corrected chi connectivity index (χ3v) is 4.32. The SMILES string of the molecule is O=C(O)C(=O)O.c1ccc(CN2CCC(NCc3ccccn3)CC2)cc1. The first-order valence-corrected chi connectivity index (χ1v) is 8.90. The third kappa shape index (κ3) is 7.98. The van der Waals surface area contributed by atoms with Gasteiger partial charge in [-0.15, -0.1) is 0 Å². The molecule has 7 heteroatoms. The Kier molecular flexibility index (Phi) is 8.41. The predicted octanol–water partition coefficient (Wildman–Crippen LogP) is 1.99. The summed E-state index contributed by atoms with van der Waals surface area (Å²) in [5.74, 6) is -3.65. The molecule has 7 nitrogen and oxygen atoms in total. The van der Waals surface area contributed by atoms with Crippen molar-refractivity contribution < 1.29 is 19.8 Å². The van der Waals surface area contributed by atoms with Crippen molar-refractivity contribution in [1.82, 2.24) is 15.2 Å². The fraction of sp³-hybridized carbons (Fsp3) is 0.350. The van der Waals surface area contributed by atoms with Gasteiger partial charge < -0.3 is 15.5 Å². The molecule has 3 rings (SSSR count). The van der Waals surface area contributed by atoms with Crippen LogP contribution in [0.2, 0.25) is 0 Å². The second-order valence-corrected chi connectivity index (χ2v) is 6.35. The summed E-state index contributed by atoms with van der Waals surface area (Å²) in [5.41, 5.74) is 2.54. The third-order valence-electron chi connectivity index (χ3n) is 4.32. The molecule has 0 bridgehead atoms. The van der Waals surface area contributed by atoms with E-state index >= 15 is 0 Å². The van der Waals surface area contributed by atoms with E-state index < -0.39 is 11.9 Å². The zero-order valence-corrected chi connectivity index (χ0v) is 15.1. The van der Waals surface area contributed by atoms with Crippen molar-refractivity contribution in [2.75, 3.05) is 13.1 Å². The lowest BCUT2D eigenvalue weighted by atomic mass is 10.0. The number of nitrogens with zero attached hydrogens (tertiary/aromatic N) is 2. The Morgan fingerprint density at radius 1 is 1.00 bits per heavy atom. The minimum atomic E-state index is -1.82. The highest BCUT2D eigenvalue weighted by molar-refractivity contribution is 6.27. The summed E-state index contributed by atoms with van der Waals surface area (Å²) in [7, 11) is 0. The molecule has 1 aliphatic rings. The van der Waals surface area contributed by atoms with Crippen LogP contribution in [0.1, 0.15) is 24.1 Å². The van der Waals surface area contributed by atoms with Gasteiger partial charge in [-0.1, -0.05) is 36.4 Å². The van der Waals surface area contributed by atoms with E-state index in [2.05, 4.69) is 51.6 Å². The van der Waals surface area contributed by atoms with Crippen molar-refractivity contribution >= 4 is 11.9 Å². The highest BCUT2D eigenvalue weighted by Crippen LogP contribution is 2.14. The average Bonchev–Trinajstić information content (AvgIpc) is 2.69. The standard InChI is InChI=1S/C18H23N3.C2H2O4/c1-2-6-16(7-3-1)15-21-12-9-17(10-13-21)20-14-18-8-4-5-11-19-18;3-1(4)2(5)6/h1-8,11,17,20H,9-10,12-15H2;(H,3,4)(H,5,6). The van der Waals surface area contributed by atoms with E-state index in [9.17, 15) is 0 Å². The van der Waals surface area contributed by atoms with Gasteiger partial charge in [-0.3, -0.25) is 9.88 Å². The van der Waals surface area contributed by atoms with Gasteiger partial charge in [-0.2, -0.15) is 0 Å². The van der Waals surface area contributed by atoms with Crippen LogP contribution in [0.4, 0.5) is 0 Å². The maximum atomic E-state index is 9.10. The summed E-state index contributed by atoms with van der Waals surface area (Å²) >= 11 is 0. The number of benzene rings is 1. The smallest absolute Gasteiger partial charge is 0.414 e. The van der Waals surface area contributed by atoms with Crippen LogP contribution in [0.5, 0.6) is 0 Å². The molecular formula is C20H25N3O4. The predicted molar refractivity (Wildman–Crippen MR) is 101 cm³/mol. The van der Waals surface area contributed by atoms with Gasteiger partial charge in [0.1, 0.15) is 0 Å². The Balaban J connectivity index is 0.000000380. The molecule has 1 aromatic carbocycles. The summed E-state index contributed by atoms with van der Waals surface area (Å²) < 4.78 is 0. The lowest BCUT2D eigenvalue weighted by Crippen LogP contribution is -2.41. The van der Waals surface area contributed by atoms with Crippen molar-refractivity contribution in [3.63, 3.8) is 0 Å². The Morgan fingerprint density at radius 3 is 2.19 bits per heavy atom. The number of carboxylic acid groups (broad SMARTS) is 2. The molecule has 1 fully saturated rings. The van der Waals surface area contributed by atoms with E-state index in [0.717, 1.165) is 18.8 Å². The average molecular weight is 371 g/mol. The molecule has 0 amide bonds. The van der Waals surface area contributed by atoms with Crippen molar-refractivity contribution in [3.8, 4) is 0 Å². The quantitative estimate of drug-likeness (QED) is 0.691. The summed E-state index contributed by atoms with van der Waals surface area (Å²) in [6, 6.07) is 17.5. The molecule has 1 saturated heterocycles.